The van der Waals surface area contributed by atoms with Crippen molar-refractivity contribution in [3.63, 3.8) is 0 Å². The number of phosphoric acid groups is 3. The topological polar surface area (TPSA) is 296 Å². The second-order valence-electron chi connectivity index (χ2n) is 4.31. The van der Waals surface area contributed by atoms with Crippen LogP contribution in [0.15, 0.2) is 0 Å². The van der Waals surface area contributed by atoms with E-state index in [2.05, 4.69) is 18.2 Å². The molecule has 0 aliphatic heterocycles. The van der Waals surface area contributed by atoms with Gasteiger partial charge in [-0.1, -0.05) is 0 Å². The van der Waals surface area contributed by atoms with Gasteiger partial charge in [0.1, 0.15) is 0 Å². The Morgan fingerprint density at radius 1 is 0.741 bits per heavy atom. The first-order valence-corrected chi connectivity index (χ1v) is 13.9. The minimum absolute atomic E-state index is 0.0331. The van der Waals surface area contributed by atoms with Gasteiger partial charge in [-0.15, -0.1) is 4.44 Å². The lowest BCUT2D eigenvalue weighted by molar-refractivity contribution is 0.209. The van der Waals surface area contributed by atoms with Gasteiger partial charge >= 0.3 is 39.0 Å². The molecular formula is C4H18N3O15P5. The molecule has 23 heteroatoms. The lowest BCUT2D eigenvalue weighted by Gasteiger charge is -2.31. The molecule has 27 heavy (non-hydrogen) atoms. The number of nitrogens with one attached hydrogen (secondary N) is 1. The van der Waals surface area contributed by atoms with Crippen LogP contribution in [0.5, 0.6) is 0 Å². The Labute approximate surface area is 151 Å². The number of nitrogens with zero attached hydrogens (tertiary/aromatic N) is 1. The van der Waals surface area contributed by atoms with Crippen molar-refractivity contribution < 1.29 is 70.0 Å². The molecule has 0 radical (unpaired) electrons. The lowest BCUT2D eigenvalue weighted by Crippen LogP contribution is -2.32. The van der Waals surface area contributed by atoms with E-state index in [0.717, 1.165) is 0 Å². The van der Waals surface area contributed by atoms with E-state index in [-0.39, 0.29) is 13.1 Å². The summed E-state index contributed by atoms with van der Waals surface area (Å²) in [4.78, 5) is 62.1. The molecule has 0 aromatic carbocycles. The summed E-state index contributed by atoms with van der Waals surface area (Å²) in [7, 11) is -29.6. The van der Waals surface area contributed by atoms with Gasteiger partial charge in [-0.2, -0.15) is 12.9 Å². The Morgan fingerprint density at radius 3 is 1.48 bits per heavy atom. The quantitative estimate of drug-likeness (QED) is 0.101. The fourth-order valence-electron chi connectivity index (χ4n) is 1.34. The van der Waals surface area contributed by atoms with Crippen LogP contribution < -0.4 is 11.1 Å². The van der Waals surface area contributed by atoms with E-state index in [0.29, 0.717) is 0 Å². The zero-order valence-corrected chi connectivity index (χ0v) is 17.5. The van der Waals surface area contributed by atoms with E-state index >= 15 is 0 Å². The van der Waals surface area contributed by atoms with Gasteiger partial charge in [0.05, 0.1) is 0 Å². The van der Waals surface area contributed by atoms with Crippen LogP contribution in [-0.4, -0.2) is 64.9 Å². The van der Waals surface area contributed by atoms with Crippen LogP contribution in [-0.2, 0) is 35.8 Å². The van der Waals surface area contributed by atoms with Crippen molar-refractivity contribution in [1.29, 1.82) is 0 Å². The molecule has 0 saturated heterocycles. The van der Waals surface area contributed by atoms with Gasteiger partial charge in [-0.25, -0.2) is 22.8 Å². The second kappa shape index (κ2) is 10.1. The van der Waals surface area contributed by atoms with Crippen LogP contribution in [0.1, 0.15) is 0 Å². The van der Waals surface area contributed by atoms with Crippen molar-refractivity contribution in [3.05, 3.63) is 0 Å². The number of hydrogen-bond donors (Lipinski definition) is 9. The third kappa shape index (κ3) is 12.0. The van der Waals surface area contributed by atoms with Crippen molar-refractivity contribution >= 4 is 39.0 Å². The summed E-state index contributed by atoms with van der Waals surface area (Å²) in [6, 6.07) is 0. The maximum Gasteiger partial charge on any atom is 0.477 e. The van der Waals surface area contributed by atoms with Crippen LogP contribution in [0.2, 0.25) is 0 Å². The average molecular weight is 503 g/mol. The van der Waals surface area contributed by atoms with Gasteiger partial charge in [-0.3, -0.25) is 0 Å². The van der Waals surface area contributed by atoms with Crippen LogP contribution >= 0.6 is 39.0 Å². The standard InChI is InChI=1S/C4H18N3O15P5/c5-1-2-6-3-4-7(23(8,9)20-25(11,12)13)24(10,21-26(14,15)16)22-27(17,18)19/h6H,1-5H2,(H,8,9)(H2,11,12,13)(H2,14,15,16)(H2,17,18,19). The first kappa shape index (κ1) is 27.6. The highest BCUT2D eigenvalue weighted by Gasteiger charge is 2.54. The maximum atomic E-state index is 12.5. The molecular weight excluding hydrogens is 485 g/mol. The molecule has 0 fully saturated rings. The minimum atomic E-state index is -6.07. The average Bonchev–Trinajstić information content (AvgIpc) is 2.29. The summed E-state index contributed by atoms with van der Waals surface area (Å²) >= 11 is 0. The van der Waals surface area contributed by atoms with Gasteiger partial charge < -0.3 is 45.3 Å². The second-order valence-corrected chi connectivity index (χ2v) is 12.4. The molecule has 1 unspecified atom stereocenters. The Balaban J connectivity index is 6.14. The van der Waals surface area contributed by atoms with Gasteiger partial charge in [0.15, 0.2) is 0 Å². The molecule has 0 aliphatic carbocycles. The molecule has 10 N–H and O–H groups in total. The molecule has 164 valence electrons. The molecule has 0 saturated carbocycles. The maximum absolute atomic E-state index is 12.5. The van der Waals surface area contributed by atoms with Crippen molar-refractivity contribution in [1.82, 2.24) is 9.76 Å². The molecule has 1 atom stereocenters. The van der Waals surface area contributed by atoms with Gasteiger partial charge in [0.2, 0.25) is 0 Å². The van der Waals surface area contributed by atoms with E-state index in [1.54, 1.807) is 0 Å². The zero-order chi connectivity index (χ0) is 21.7. The number of nitrogens with two attached hydrogens (primary N) is 1. The van der Waals surface area contributed by atoms with E-state index in [1.807, 2.05) is 0 Å². The van der Waals surface area contributed by atoms with E-state index < -0.39 is 56.5 Å². The summed E-state index contributed by atoms with van der Waals surface area (Å²) in [5.41, 5.74) is 5.15. The normalized spacial score (nSPS) is 16.5. The molecule has 0 amide bonds. The Hall–Kier alpha value is 0.630. The molecule has 0 rings (SSSR count). The largest absolute Gasteiger partial charge is 0.477 e. The highest BCUT2D eigenvalue weighted by Crippen LogP contribution is 2.77. The fraction of sp³-hybridized carbons (Fsp3) is 1.00. The third-order valence-electron chi connectivity index (χ3n) is 2.02. The van der Waals surface area contributed by atoms with E-state index in [4.69, 9.17) is 35.1 Å². The molecule has 0 aliphatic rings. The first-order valence-electron chi connectivity index (χ1n) is 6.24. The Kier molecular flexibility index (Phi) is 10.3. The number of hydrogen-bond acceptors (Lipinski definition) is 10. The summed E-state index contributed by atoms with van der Waals surface area (Å²) in [5.74, 6) is 0. The van der Waals surface area contributed by atoms with Crippen molar-refractivity contribution in [2.75, 3.05) is 26.2 Å². The van der Waals surface area contributed by atoms with Gasteiger partial charge in [0, 0.05) is 26.2 Å². The predicted molar refractivity (Wildman–Crippen MR) is 85.4 cm³/mol. The van der Waals surface area contributed by atoms with Crippen LogP contribution in [0, 0.1) is 0 Å². The highest BCUT2D eigenvalue weighted by molar-refractivity contribution is 7.76. The molecule has 0 aromatic heterocycles. The molecule has 0 heterocycles. The van der Waals surface area contributed by atoms with Crippen LogP contribution in [0.4, 0.5) is 0 Å². The van der Waals surface area contributed by atoms with Gasteiger partial charge in [-0.05, 0) is 0 Å². The zero-order valence-electron chi connectivity index (χ0n) is 13.0. The van der Waals surface area contributed by atoms with Crippen molar-refractivity contribution in [2.45, 2.75) is 0 Å². The summed E-state index contributed by atoms with van der Waals surface area (Å²) < 4.78 is 67.5. The van der Waals surface area contributed by atoms with E-state index in [9.17, 15) is 27.7 Å². The van der Waals surface area contributed by atoms with Crippen LogP contribution in [0.3, 0.4) is 0 Å². The molecule has 0 spiro atoms. The molecule has 18 nitrogen and oxygen atoms in total. The Morgan fingerprint density at radius 2 is 1.15 bits per heavy atom. The fourth-order valence-corrected chi connectivity index (χ4v) is 8.69. The van der Waals surface area contributed by atoms with E-state index in [1.165, 1.54) is 0 Å². The predicted octanol–water partition coefficient (Wildman–Crippen LogP) is -1.63. The summed E-state index contributed by atoms with van der Waals surface area (Å²) in [5, 5.41) is 2.43. The smallest absolute Gasteiger partial charge is 0.329 e. The SMILES string of the molecule is NCCNCCN(P(=O)(O)OP(=O)(O)O)P(=O)(OP(=O)(O)O)OP(=O)(O)O. The first-order chi connectivity index (χ1) is 11.8. The third-order valence-corrected chi connectivity index (χ3v) is 9.95. The van der Waals surface area contributed by atoms with Gasteiger partial charge in [0.25, 0.3) is 0 Å². The summed E-state index contributed by atoms with van der Waals surface area (Å²) in [6.07, 6.45) is 0. The highest BCUT2D eigenvalue weighted by atomic mass is 31.3. The number of rotatable bonds is 13. The molecule has 0 aromatic rings. The Bertz CT molecular complexity index is 693. The van der Waals surface area contributed by atoms with Crippen molar-refractivity contribution in [2.24, 2.45) is 5.73 Å². The summed E-state index contributed by atoms with van der Waals surface area (Å²) in [6.45, 7) is -1.55. The van der Waals surface area contributed by atoms with Crippen molar-refractivity contribution in [3.8, 4) is 0 Å². The monoisotopic (exact) mass is 503 g/mol. The lowest BCUT2D eigenvalue weighted by atomic mass is 10.6. The molecule has 0 bridgehead atoms. The van der Waals surface area contributed by atoms with Crippen LogP contribution in [0.25, 0.3) is 0 Å². The minimum Gasteiger partial charge on any atom is -0.329 e.